The molecule has 3 rings (SSSR count). The Hall–Kier alpha value is -2.74. The molecule has 1 N–H and O–H groups in total. The van der Waals surface area contributed by atoms with E-state index in [2.05, 4.69) is 5.32 Å². The third kappa shape index (κ3) is 5.00. The highest BCUT2D eigenvalue weighted by atomic mass is 32.2. The SMILES string of the molecule is CCS(=O)(=O)N1C[C@H](C(=O)NCCCc2cccc(OC)c2)Oc2ccccc21. The molecule has 0 unspecified atom stereocenters. The van der Waals surface area contributed by atoms with E-state index in [9.17, 15) is 13.2 Å². The minimum atomic E-state index is -3.51. The van der Waals surface area contributed by atoms with E-state index >= 15 is 0 Å². The van der Waals surface area contributed by atoms with Gasteiger partial charge in [0, 0.05) is 6.54 Å². The van der Waals surface area contributed by atoms with Crippen LogP contribution in [-0.4, -0.2) is 46.4 Å². The number of nitrogens with zero attached hydrogens (tertiary/aromatic N) is 1. The second kappa shape index (κ2) is 9.17. The number of amides is 1. The molecule has 156 valence electrons. The second-order valence-electron chi connectivity index (χ2n) is 6.75. The first-order valence-corrected chi connectivity index (χ1v) is 11.2. The molecule has 0 fully saturated rings. The molecule has 0 spiro atoms. The topological polar surface area (TPSA) is 84.9 Å². The molecule has 1 aliphatic heterocycles. The van der Waals surface area contributed by atoms with Crippen molar-refractivity contribution in [1.82, 2.24) is 5.32 Å². The summed E-state index contributed by atoms with van der Waals surface area (Å²) in [4.78, 5) is 12.6. The Kier molecular flexibility index (Phi) is 6.64. The van der Waals surface area contributed by atoms with E-state index in [4.69, 9.17) is 9.47 Å². The molecule has 1 heterocycles. The standard InChI is InChI=1S/C21H26N2O5S/c1-3-29(25,26)23-15-20(28-19-12-5-4-11-18(19)23)21(24)22-13-7-9-16-8-6-10-17(14-16)27-2/h4-6,8,10-12,14,20H,3,7,9,13,15H2,1-2H3,(H,22,24)/t20-/m1/s1. The van der Waals surface area contributed by atoms with Crippen LogP contribution >= 0.6 is 0 Å². The number of methoxy groups -OCH3 is 1. The maximum absolute atomic E-state index is 12.6. The largest absolute Gasteiger partial charge is 0.497 e. The van der Waals surface area contributed by atoms with Crippen molar-refractivity contribution in [2.75, 3.05) is 30.3 Å². The minimum Gasteiger partial charge on any atom is -0.497 e. The first kappa shape index (κ1) is 21.0. The van der Waals surface area contributed by atoms with Crippen molar-refractivity contribution in [3.8, 4) is 11.5 Å². The molecule has 1 atom stereocenters. The molecule has 29 heavy (non-hydrogen) atoms. The van der Waals surface area contributed by atoms with Gasteiger partial charge in [0.25, 0.3) is 5.91 Å². The normalized spacial score (nSPS) is 15.9. The van der Waals surface area contributed by atoms with Crippen LogP contribution in [0.5, 0.6) is 11.5 Å². The van der Waals surface area contributed by atoms with Gasteiger partial charge in [-0.1, -0.05) is 24.3 Å². The fraction of sp³-hybridized carbons (Fsp3) is 0.381. The number of fused-ring (bicyclic) bond motifs is 1. The summed E-state index contributed by atoms with van der Waals surface area (Å²) in [7, 11) is -1.88. The van der Waals surface area contributed by atoms with Gasteiger partial charge in [-0.15, -0.1) is 0 Å². The minimum absolute atomic E-state index is 0.0328. The number of anilines is 1. The molecule has 8 heteroatoms. The van der Waals surface area contributed by atoms with E-state index in [-0.39, 0.29) is 18.2 Å². The molecular formula is C21H26N2O5S. The first-order valence-electron chi connectivity index (χ1n) is 9.61. The monoisotopic (exact) mass is 418 g/mol. The summed E-state index contributed by atoms with van der Waals surface area (Å²) >= 11 is 0. The van der Waals surface area contributed by atoms with Crippen molar-refractivity contribution >= 4 is 21.6 Å². The van der Waals surface area contributed by atoms with Crippen molar-refractivity contribution in [3.63, 3.8) is 0 Å². The van der Waals surface area contributed by atoms with E-state index in [0.717, 1.165) is 24.2 Å². The number of ether oxygens (including phenoxy) is 2. The number of carbonyl (C=O) groups excluding carboxylic acids is 1. The lowest BCUT2D eigenvalue weighted by Crippen LogP contribution is -2.51. The Bertz CT molecular complexity index is 961. The van der Waals surface area contributed by atoms with Crippen LogP contribution in [0.1, 0.15) is 18.9 Å². The van der Waals surface area contributed by atoms with Crippen LogP contribution in [0.4, 0.5) is 5.69 Å². The molecule has 0 saturated carbocycles. The summed E-state index contributed by atoms with van der Waals surface area (Å²) in [5, 5.41) is 2.86. The molecular weight excluding hydrogens is 392 g/mol. The van der Waals surface area contributed by atoms with Crippen molar-refractivity contribution in [1.29, 1.82) is 0 Å². The van der Waals surface area contributed by atoms with E-state index < -0.39 is 16.1 Å². The van der Waals surface area contributed by atoms with Crippen LogP contribution in [0.2, 0.25) is 0 Å². The lowest BCUT2D eigenvalue weighted by Gasteiger charge is -2.34. The Balaban J connectivity index is 1.59. The zero-order valence-corrected chi connectivity index (χ0v) is 17.4. The third-order valence-electron chi connectivity index (χ3n) is 4.80. The van der Waals surface area contributed by atoms with Crippen LogP contribution in [0, 0.1) is 0 Å². The van der Waals surface area contributed by atoms with Crippen molar-refractivity contribution in [2.24, 2.45) is 0 Å². The number of aryl methyl sites for hydroxylation is 1. The van der Waals surface area contributed by atoms with Gasteiger partial charge >= 0.3 is 0 Å². The predicted octanol–water partition coefficient (Wildman–Crippen LogP) is 2.36. The summed E-state index contributed by atoms with van der Waals surface area (Å²) in [6.07, 6.45) is 0.657. The molecule has 0 radical (unpaired) electrons. The van der Waals surface area contributed by atoms with Gasteiger partial charge in [-0.25, -0.2) is 8.42 Å². The highest BCUT2D eigenvalue weighted by Gasteiger charge is 2.35. The highest BCUT2D eigenvalue weighted by Crippen LogP contribution is 2.35. The van der Waals surface area contributed by atoms with Gasteiger partial charge in [0.1, 0.15) is 11.5 Å². The fourth-order valence-electron chi connectivity index (χ4n) is 3.20. The lowest BCUT2D eigenvalue weighted by atomic mass is 10.1. The maximum Gasteiger partial charge on any atom is 0.263 e. The molecule has 7 nitrogen and oxygen atoms in total. The Morgan fingerprint density at radius 1 is 1.24 bits per heavy atom. The third-order valence-corrected chi connectivity index (χ3v) is 6.55. The number of carbonyl (C=O) groups is 1. The van der Waals surface area contributed by atoms with Crippen LogP contribution < -0.4 is 19.1 Å². The number of sulfonamides is 1. The molecule has 0 saturated heterocycles. The zero-order valence-electron chi connectivity index (χ0n) is 16.6. The van der Waals surface area contributed by atoms with Crippen LogP contribution in [0.3, 0.4) is 0 Å². The van der Waals surface area contributed by atoms with Crippen molar-refractivity contribution in [2.45, 2.75) is 25.9 Å². The molecule has 0 bridgehead atoms. The predicted molar refractivity (Wildman–Crippen MR) is 112 cm³/mol. The Labute approximate surface area is 171 Å². The molecule has 0 aromatic heterocycles. The molecule has 0 aliphatic carbocycles. The zero-order chi connectivity index (χ0) is 20.9. The lowest BCUT2D eigenvalue weighted by molar-refractivity contribution is -0.127. The van der Waals surface area contributed by atoms with E-state index in [1.54, 1.807) is 38.3 Å². The Morgan fingerprint density at radius 2 is 2.03 bits per heavy atom. The molecule has 2 aromatic rings. The van der Waals surface area contributed by atoms with Gasteiger partial charge in [0.2, 0.25) is 10.0 Å². The smallest absolute Gasteiger partial charge is 0.263 e. The average Bonchev–Trinajstić information content (AvgIpc) is 2.75. The number of rotatable bonds is 8. The number of benzene rings is 2. The average molecular weight is 419 g/mol. The van der Waals surface area contributed by atoms with E-state index in [1.807, 2.05) is 24.3 Å². The van der Waals surface area contributed by atoms with Gasteiger partial charge in [-0.2, -0.15) is 0 Å². The van der Waals surface area contributed by atoms with Gasteiger partial charge in [-0.05, 0) is 49.6 Å². The number of para-hydroxylation sites is 2. The quantitative estimate of drug-likeness (QED) is 0.666. The van der Waals surface area contributed by atoms with Crippen molar-refractivity contribution in [3.05, 3.63) is 54.1 Å². The summed E-state index contributed by atoms with van der Waals surface area (Å²) in [6, 6.07) is 14.7. The number of hydrogen-bond acceptors (Lipinski definition) is 5. The summed E-state index contributed by atoms with van der Waals surface area (Å²) < 4.78 is 37.2. The number of nitrogens with one attached hydrogen (secondary N) is 1. The first-order chi connectivity index (χ1) is 13.9. The summed E-state index contributed by atoms with van der Waals surface area (Å²) in [6.45, 7) is 2.02. The number of hydrogen-bond donors (Lipinski definition) is 1. The second-order valence-corrected chi connectivity index (χ2v) is 8.93. The molecule has 2 aromatic carbocycles. The van der Waals surface area contributed by atoms with Crippen LogP contribution in [-0.2, 0) is 21.2 Å². The molecule has 1 amide bonds. The maximum atomic E-state index is 12.6. The van der Waals surface area contributed by atoms with E-state index in [0.29, 0.717) is 18.0 Å². The summed E-state index contributed by atoms with van der Waals surface area (Å²) in [5.41, 5.74) is 1.60. The van der Waals surface area contributed by atoms with Gasteiger partial charge in [0.15, 0.2) is 6.10 Å². The fourth-order valence-corrected chi connectivity index (χ4v) is 4.33. The molecule has 1 aliphatic rings. The van der Waals surface area contributed by atoms with Crippen LogP contribution in [0.15, 0.2) is 48.5 Å². The van der Waals surface area contributed by atoms with Gasteiger partial charge < -0.3 is 14.8 Å². The van der Waals surface area contributed by atoms with Gasteiger partial charge in [0.05, 0.1) is 25.1 Å². The summed E-state index contributed by atoms with van der Waals surface area (Å²) in [5.74, 6) is 0.836. The van der Waals surface area contributed by atoms with Crippen LogP contribution in [0.25, 0.3) is 0 Å². The van der Waals surface area contributed by atoms with Gasteiger partial charge in [-0.3, -0.25) is 9.10 Å². The van der Waals surface area contributed by atoms with E-state index in [1.165, 1.54) is 4.31 Å². The van der Waals surface area contributed by atoms with Crippen molar-refractivity contribution < 1.29 is 22.7 Å². The highest BCUT2D eigenvalue weighted by molar-refractivity contribution is 7.92. The Morgan fingerprint density at radius 3 is 2.79 bits per heavy atom.